The Labute approximate surface area is 106 Å². The van der Waals surface area contributed by atoms with Gasteiger partial charge in [0.1, 0.15) is 0 Å². The first-order valence-electron chi connectivity index (χ1n) is 6.45. The molecular weight excluding hydrogens is 224 g/mol. The van der Waals surface area contributed by atoms with Crippen LogP contribution in [0, 0.1) is 11.8 Å². The van der Waals surface area contributed by atoms with Crippen molar-refractivity contribution in [1.82, 2.24) is 0 Å². The Morgan fingerprint density at radius 2 is 1.40 bits per heavy atom. The second-order valence-corrected chi connectivity index (χ2v) is 5.04. The van der Waals surface area contributed by atoms with Gasteiger partial charge in [0, 0.05) is 17.1 Å². The van der Waals surface area contributed by atoms with Crippen LogP contribution >= 0.6 is 0 Å². The third-order valence-electron chi connectivity index (χ3n) is 3.50. The Hall–Kier alpha value is 0.259. The molecule has 0 heterocycles. The molecule has 0 N–H and O–H groups in total. The fraction of sp³-hybridized carbons (Fsp3) is 0.857. The maximum Gasteiger partial charge on any atom is 0 e. The monoisotopic (exact) mass is 250 g/mol. The maximum absolute atomic E-state index is 2.36. The summed E-state index contributed by atoms with van der Waals surface area (Å²) >= 11 is 0. The standard InChI is InChI=1S/C9H18.C5H8.Fe/c1-8(2)9-6-4-3-5-7-9;1-2-4-5-3-1;/h8-9H,3-7H2,1-2H3;1-2H,3-5H2;. The summed E-state index contributed by atoms with van der Waals surface area (Å²) in [6.45, 7) is 4.71. The average molecular weight is 250 g/mol. The van der Waals surface area contributed by atoms with Gasteiger partial charge in [-0.15, -0.1) is 0 Å². The first kappa shape index (κ1) is 15.3. The fourth-order valence-corrected chi connectivity index (χ4v) is 2.39. The second kappa shape index (κ2) is 9.48. The van der Waals surface area contributed by atoms with Crippen LogP contribution in [0.1, 0.15) is 65.2 Å². The summed E-state index contributed by atoms with van der Waals surface area (Å²) in [5.41, 5.74) is 0. The van der Waals surface area contributed by atoms with Crippen LogP contribution in [0.5, 0.6) is 0 Å². The van der Waals surface area contributed by atoms with Crippen molar-refractivity contribution >= 4 is 0 Å². The zero-order valence-corrected chi connectivity index (χ0v) is 11.4. The average Bonchev–Trinajstić information content (AvgIpc) is 2.77. The molecule has 0 unspecified atom stereocenters. The van der Waals surface area contributed by atoms with Crippen molar-refractivity contribution in [2.45, 2.75) is 65.2 Å². The molecule has 0 aliphatic heterocycles. The van der Waals surface area contributed by atoms with Gasteiger partial charge in [0.25, 0.3) is 0 Å². The van der Waals surface area contributed by atoms with E-state index in [0.717, 1.165) is 11.8 Å². The van der Waals surface area contributed by atoms with Crippen molar-refractivity contribution in [2.24, 2.45) is 11.8 Å². The van der Waals surface area contributed by atoms with E-state index in [9.17, 15) is 0 Å². The number of rotatable bonds is 1. The van der Waals surface area contributed by atoms with Gasteiger partial charge >= 0.3 is 0 Å². The van der Waals surface area contributed by atoms with E-state index >= 15 is 0 Å². The normalized spacial score (nSPS) is 20.7. The van der Waals surface area contributed by atoms with Gasteiger partial charge in [0.2, 0.25) is 0 Å². The molecule has 2 aliphatic rings. The third-order valence-corrected chi connectivity index (χ3v) is 3.50. The molecule has 0 spiro atoms. The van der Waals surface area contributed by atoms with Crippen LogP contribution < -0.4 is 0 Å². The summed E-state index contributed by atoms with van der Waals surface area (Å²) in [6.07, 6.45) is 16.0. The van der Waals surface area contributed by atoms with Crippen LogP contribution in [0.3, 0.4) is 0 Å². The van der Waals surface area contributed by atoms with Gasteiger partial charge in [-0.25, -0.2) is 0 Å². The topological polar surface area (TPSA) is 0 Å². The molecule has 0 amide bonds. The van der Waals surface area contributed by atoms with E-state index in [4.69, 9.17) is 0 Å². The molecule has 0 nitrogen and oxygen atoms in total. The molecule has 0 atom stereocenters. The molecule has 1 saturated carbocycles. The van der Waals surface area contributed by atoms with Gasteiger partial charge in [-0.1, -0.05) is 58.1 Å². The van der Waals surface area contributed by atoms with Crippen molar-refractivity contribution in [1.29, 1.82) is 0 Å². The summed E-state index contributed by atoms with van der Waals surface area (Å²) in [5.74, 6) is 1.99. The van der Waals surface area contributed by atoms with Crippen LogP contribution in [0.25, 0.3) is 0 Å². The molecule has 1 fully saturated rings. The van der Waals surface area contributed by atoms with Crippen molar-refractivity contribution in [3.63, 3.8) is 0 Å². The quantitative estimate of drug-likeness (QED) is 0.456. The summed E-state index contributed by atoms with van der Waals surface area (Å²) in [6, 6.07) is 0. The van der Waals surface area contributed by atoms with E-state index < -0.39 is 0 Å². The second-order valence-electron chi connectivity index (χ2n) is 5.04. The third kappa shape index (κ3) is 7.19. The molecule has 0 aromatic heterocycles. The molecule has 0 bridgehead atoms. The summed E-state index contributed by atoms with van der Waals surface area (Å²) in [5, 5.41) is 0. The predicted octanol–water partition coefficient (Wildman–Crippen LogP) is 4.95. The molecule has 0 radical (unpaired) electrons. The van der Waals surface area contributed by atoms with Crippen LogP contribution in [0.4, 0.5) is 0 Å². The first-order chi connectivity index (χ1) is 6.80. The molecule has 0 aromatic carbocycles. The maximum atomic E-state index is 2.36. The van der Waals surface area contributed by atoms with Gasteiger partial charge in [-0.3, -0.25) is 0 Å². The number of hydrogen-bond acceptors (Lipinski definition) is 0. The van der Waals surface area contributed by atoms with Crippen LogP contribution in [-0.2, 0) is 17.1 Å². The smallest absolute Gasteiger partial charge is 0 e. The van der Waals surface area contributed by atoms with E-state index in [0.29, 0.717) is 0 Å². The van der Waals surface area contributed by atoms with Crippen molar-refractivity contribution in [3.05, 3.63) is 12.2 Å². The fourth-order valence-electron chi connectivity index (χ4n) is 2.39. The molecule has 0 aromatic rings. The largest absolute Gasteiger partial charge is 0.0885 e. The van der Waals surface area contributed by atoms with Gasteiger partial charge in [0.15, 0.2) is 0 Å². The number of hydrogen-bond donors (Lipinski definition) is 0. The first-order valence-corrected chi connectivity index (χ1v) is 6.45. The SMILES string of the molecule is C1=CCCC1.CC(C)C1CCCCC1.[Fe]. The zero-order chi connectivity index (χ0) is 10.2. The van der Waals surface area contributed by atoms with E-state index in [1.165, 1.54) is 51.4 Å². The molecule has 15 heavy (non-hydrogen) atoms. The van der Waals surface area contributed by atoms with Crippen molar-refractivity contribution < 1.29 is 17.1 Å². The molecule has 2 rings (SSSR count). The van der Waals surface area contributed by atoms with Gasteiger partial charge in [-0.05, 0) is 31.1 Å². The Bertz CT molecular complexity index is 149. The van der Waals surface area contributed by atoms with Gasteiger partial charge in [0.05, 0.1) is 0 Å². The zero-order valence-electron chi connectivity index (χ0n) is 10.3. The Kier molecular flexibility index (Phi) is 9.65. The molecule has 0 saturated heterocycles. The minimum absolute atomic E-state index is 0. The van der Waals surface area contributed by atoms with Crippen molar-refractivity contribution in [2.75, 3.05) is 0 Å². The molecule has 1 heteroatoms. The van der Waals surface area contributed by atoms with E-state index in [1.807, 2.05) is 0 Å². The minimum Gasteiger partial charge on any atom is -0.0885 e. The minimum atomic E-state index is 0. The summed E-state index contributed by atoms with van der Waals surface area (Å²) in [7, 11) is 0. The Balaban J connectivity index is 0.000000280. The van der Waals surface area contributed by atoms with Crippen LogP contribution in [0.15, 0.2) is 12.2 Å². The van der Waals surface area contributed by atoms with Crippen LogP contribution in [-0.4, -0.2) is 0 Å². The van der Waals surface area contributed by atoms with E-state index in [2.05, 4.69) is 26.0 Å². The van der Waals surface area contributed by atoms with Gasteiger partial charge < -0.3 is 0 Å². The molecular formula is C14H26Fe. The van der Waals surface area contributed by atoms with Crippen molar-refractivity contribution in [3.8, 4) is 0 Å². The number of allylic oxidation sites excluding steroid dienone is 2. The summed E-state index contributed by atoms with van der Waals surface area (Å²) < 4.78 is 0. The van der Waals surface area contributed by atoms with Gasteiger partial charge in [-0.2, -0.15) is 0 Å². The summed E-state index contributed by atoms with van der Waals surface area (Å²) in [4.78, 5) is 0. The molecule has 90 valence electrons. The van der Waals surface area contributed by atoms with E-state index in [-0.39, 0.29) is 17.1 Å². The Morgan fingerprint density at radius 1 is 0.867 bits per heavy atom. The molecule has 2 aliphatic carbocycles. The van der Waals surface area contributed by atoms with Crippen LogP contribution in [0.2, 0.25) is 0 Å². The van der Waals surface area contributed by atoms with E-state index in [1.54, 1.807) is 0 Å². The predicted molar refractivity (Wildman–Crippen MR) is 64.4 cm³/mol. The Morgan fingerprint density at radius 3 is 1.67 bits per heavy atom.